The minimum Gasteiger partial charge on any atom is -0.444 e. The molecule has 0 bridgehead atoms. The van der Waals surface area contributed by atoms with Crippen LogP contribution in [0.1, 0.15) is 50.8 Å². The van der Waals surface area contributed by atoms with Gasteiger partial charge in [-0.1, -0.05) is 0 Å². The Morgan fingerprint density at radius 3 is 2.85 bits per heavy atom. The number of hydrogen-bond donors (Lipinski definition) is 0. The fourth-order valence-corrected chi connectivity index (χ4v) is 2.56. The minimum atomic E-state index is -0.433. The van der Waals surface area contributed by atoms with E-state index in [0.717, 1.165) is 31.6 Å². The van der Waals surface area contributed by atoms with Gasteiger partial charge in [0.1, 0.15) is 5.60 Å². The van der Waals surface area contributed by atoms with Gasteiger partial charge in [0.15, 0.2) is 0 Å². The molecule has 4 nitrogen and oxygen atoms in total. The lowest BCUT2D eigenvalue weighted by Gasteiger charge is -2.34. The average Bonchev–Trinajstić information content (AvgIpc) is 2.37. The lowest BCUT2D eigenvalue weighted by atomic mass is 9.91. The molecule has 1 amide bonds. The molecule has 1 aromatic rings. The quantitative estimate of drug-likeness (QED) is 0.788. The van der Waals surface area contributed by atoms with Gasteiger partial charge in [-0.25, -0.2) is 4.79 Å². The van der Waals surface area contributed by atoms with Gasteiger partial charge in [-0.15, -0.1) is 0 Å². The Labute approximate surface area is 121 Å². The maximum absolute atomic E-state index is 12.1. The van der Waals surface area contributed by atoms with E-state index in [4.69, 9.17) is 4.74 Å². The van der Waals surface area contributed by atoms with Crippen LogP contribution >= 0.6 is 0 Å². The highest BCUT2D eigenvalue weighted by Gasteiger charge is 2.28. The lowest BCUT2D eigenvalue weighted by Crippen LogP contribution is -2.42. The second-order valence-corrected chi connectivity index (χ2v) is 6.50. The first-order valence-electron chi connectivity index (χ1n) is 7.25. The summed E-state index contributed by atoms with van der Waals surface area (Å²) in [6, 6.07) is 4.17. The largest absolute Gasteiger partial charge is 0.444 e. The van der Waals surface area contributed by atoms with Crippen molar-refractivity contribution in [3.05, 3.63) is 29.6 Å². The predicted octanol–water partition coefficient (Wildman–Crippen LogP) is 3.50. The summed E-state index contributed by atoms with van der Waals surface area (Å²) in [4.78, 5) is 18.2. The fourth-order valence-electron chi connectivity index (χ4n) is 2.56. The van der Waals surface area contributed by atoms with E-state index >= 15 is 0 Å². The Kier molecular flexibility index (Phi) is 4.31. The van der Waals surface area contributed by atoms with Crippen LogP contribution in [0.3, 0.4) is 0 Å². The zero-order chi connectivity index (χ0) is 14.8. The number of nitrogens with zero attached hydrogens (tertiary/aromatic N) is 2. The summed E-state index contributed by atoms with van der Waals surface area (Å²) in [5.74, 6) is 0.387. The number of ether oxygens (including phenoxy) is 1. The Morgan fingerprint density at radius 1 is 1.45 bits per heavy atom. The Hall–Kier alpha value is -1.58. The van der Waals surface area contributed by atoms with Crippen LogP contribution < -0.4 is 0 Å². The van der Waals surface area contributed by atoms with Crippen molar-refractivity contribution in [2.24, 2.45) is 0 Å². The van der Waals surface area contributed by atoms with Crippen LogP contribution in [0.15, 0.2) is 18.3 Å². The number of piperidine rings is 1. The third-order valence-corrected chi connectivity index (χ3v) is 3.47. The van der Waals surface area contributed by atoms with Crippen LogP contribution in [0.4, 0.5) is 4.79 Å². The van der Waals surface area contributed by atoms with Gasteiger partial charge in [0.2, 0.25) is 0 Å². The van der Waals surface area contributed by atoms with E-state index in [1.54, 1.807) is 0 Å². The lowest BCUT2D eigenvalue weighted by molar-refractivity contribution is 0.0198. The van der Waals surface area contributed by atoms with Gasteiger partial charge in [-0.2, -0.15) is 0 Å². The van der Waals surface area contributed by atoms with Crippen LogP contribution in [-0.4, -0.2) is 34.7 Å². The number of pyridine rings is 1. The molecule has 20 heavy (non-hydrogen) atoms. The van der Waals surface area contributed by atoms with Gasteiger partial charge in [-0.05, 0) is 58.2 Å². The molecule has 0 aliphatic carbocycles. The molecule has 0 saturated carbocycles. The van der Waals surface area contributed by atoms with Crippen molar-refractivity contribution in [1.82, 2.24) is 9.88 Å². The number of rotatable bonds is 1. The van der Waals surface area contributed by atoms with Crippen molar-refractivity contribution in [2.45, 2.75) is 52.1 Å². The summed E-state index contributed by atoms with van der Waals surface area (Å²) < 4.78 is 5.46. The first kappa shape index (κ1) is 14.8. The molecule has 0 radical (unpaired) electrons. The molecule has 1 aliphatic rings. The highest BCUT2D eigenvalue weighted by atomic mass is 16.6. The highest BCUT2D eigenvalue weighted by molar-refractivity contribution is 5.68. The Bertz CT molecular complexity index is 480. The monoisotopic (exact) mass is 276 g/mol. The molecule has 110 valence electrons. The molecular weight excluding hydrogens is 252 g/mol. The third kappa shape index (κ3) is 3.95. The van der Waals surface area contributed by atoms with Gasteiger partial charge in [0.05, 0.1) is 0 Å². The number of likely N-dealkylation sites (tertiary alicyclic amines) is 1. The van der Waals surface area contributed by atoms with Crippen molar-refractivity contribution in [3.63, 3.8) is 0 Å². The van der Waals surface area contributed by atoms with Crippen molar-refractivity contribution in [2.75, 3.05) is 13.1 Å². The third-order valence-electron chi connectivity index (χ3n) is 3.47. The molecule has 1 unspecified atom stereocenters. The molecule has 1 atom stereocenters. The van der Waals surface area contributed by atoms with E-state index in [1.165, 1.54) is 5.56 Å². The van der Waals surface area contributed by atoms with E-state index in [2.05, 4.69) is 17.1 Å². The first-order valence-corrected chi connectivity index (χ1v) is 7.25. The molecule has 0 N–H and O–H groups in total. The average molecular weight is 276 g/mol. The van der Waals surface area contributed by atoms with Crippen LogP contribution in [0.2, 0.25) is 0 Å². The SMILES string of the molecule is Cc1cc(C2CCCN(C(=O)OC(C)(C)C)C2)ccn1. The predicted molar refractivity (Wildman–Crippen MR) is 78.8 cm³/mol. The molecule has 1 aromatic heterocycles. The minimum absolute atomic E-state index is 0.201. The maximum atomic E-state index is 12.1. The van der Waals surface area contributed by atoms with E-state index in [1.807, 2.05) is 38.8 Å². The van der Waals surface area contributed by atoms with E-state index in [-0.39, 0.29) is 6.09 Å². The standard InChI is InChI=1S/C16H24N2O2/c1-12-10-13(7-8-17-12)14-6-5-9-18(11-14)15(19)20-16(2,3)4/h7-8,10,14H,5-6,9,11H2,1-4H3. The number of hydrogen-bond acceptors (Lipinski definition) is 3. The molecule has 4 heteroatoms. The second kappa shape index (κ2) is 5.81. The van der Waals surface area contributed by atoms with Crippen molar-refractivity contribution >= 4 is 6.09 Å². The van der Waals surface area contributed by atoms with Crippen LogP contribution in [0.25, 0.3) is 0 Å². The number of aryl methyl sites for hydroxylation is 1. The van der Waals surface area contributed by atoms with Gasteiger partial charge in [0, 0.05) is 30.9 Å². The molecule has 2 rings (SSSR count). The Morgan fingerprint density at radius 2 is 2.20 bits per heavy atom. The van der Waals surface area contributed by atoms with Crippen molar-refractivity contribution in [3.8, 4) is 0 Å². The fraction of sp³-hybridized carbons (Fsp3) is 0.625. The summed E-state index contributed by atoms with van der Waals surface area (Å²) in [6.45, 7) is 9.22. The summed E-state index contributed by atoms with van der Waals surface area (Å²) in [5.41, 5.74) is 1.86. The summed E-state index contributed by atoms with van der Waals surface area (Å²) in [6.07, 6.45) is 3.78. The first-order chi connectivity index (χ1) is 9.35. The summed E-state index contributed by atoms with van der Waals surface area (Å²) in [5, 5.41) is 0. The van der Waals surface area contributed by atoms with Gasteiger partial charge < -0.3 is 9.64 Å². The smallest absolute Gasteiger partial charge is 0.410 e. The molecule has 0 spiro atoms. The number of aromatic nitrogens is 1. The summed E-state index contributed by atoms with van der Waals surface area (Å²) in [7, 11) is 0. The zero-order valence-electron chi connectivity index (χ0n) is 12.8. The molecule has 1 saturated heterocycles. The van der Waals surface area contributed by atoms with Crippen LogP contribution in [0.5, 0.6) is 0 Å². The van der Waals surface area contributed by atoms with Crippen LogP contribution in [-0.2, 0) is 4.74 Å². The molecular formula is C16H24N2O2. The number of carbonyl (C=O) groups excluding carboxylic acids is 1. The topological polar surface area (TPSA) is 42.4 Å². The number of carbonyl (C=O) groups is 1. The zero-order valence-corrected chi connectivity index (χ0v) is 12.8. The van der Waals surface area contributed by atoms with E-state index < -0.39 is 5.60 Å². The molecule has 1 aliphatic heterocycles. The summed E-state index contributed by atoms with van der Waals surface area (Å²) >= 11 is 0. The van der Waals surface area contributed by atoms with Gasteiger partial charge in [0.25, 0.3) is 0 Å². The second-order valence-electron chi connectivity index (χ2n) is 6.50. The van der Waals surface area contributed by atoms with Crippen LogP contribution in [0, 0.1) is 6.92 Å². The highest BCUT2D eigenvalue weighted by Crippen LogP contribution is 2.27. The molecule has 1 fully saturated rings. The maximum Gasteiger partial charge on any atom is 0.410 e. The molecule has 2 heterocycles. The van der Waals surface area contributed by atoms with Crippen molar-refractivity contribution < 1.29 is 9.53 Å². The Balaban J connectivity index is 2.03. The van der Waals surface area contributed by atoms with E-state index in [9.17, 15) is 4.79 Å². The normalized spacial score (nSPS) is 19.8. The van der Waals surface area contributed by atoms with Crippen molar-refractivity contribution in [1.29, 1.82) is 0 Å². The van der Waals surface area contributed by atoms with Gasteiger partial charge in [-0.3, -0.25) is 4.98 Å². The molecule has 0 aromatic carbocycles. The number of amides is 1. The van der Waals surface area contributed by atoms with Gasteiger partial charge >= 0.3 is 6.09 Å². The van der Waals surface area contributed by atoms with E-state index in [0.29, 0.717) is 5.92 Å².